The molecule has 220 valence electrons. The summed E-state index contributed by atoms with van der Waals surface area (Å²) in [7, 11) is 0. The Labute approximate surface area is 247 Å². The zero-order valence-electron chi connectivity index (χ0n) is 25.2. The highest BCUT2D eigenvalue weighted by molar-refractivity contribution is 6.91. The summed E-state index contributed by atoms with van der Waals surface area (Å²) in [6.45, 7) is 7.54. The van der Waals surface area contributed by atoms with Gasteiger partial charge in [0, 0.05) is 11.6 Å². The van der Waals surface area contributed by atoms with E-state index in [2.05, 4.69) is 0 Å². The lowest BCUT2D eigenvalue weighted by Crippen LogP contribution is -2.53. The summed E-state index contributed by atoms with van der Waals surface area (Å²) < 4.78 is 22.6. The molecule has 4 fully saturated rings. The highest BCUT2D eigenvalue weighted by Crippen LogP contribution is 2.50. The first-order chi connectivity index (χ1) is 20.1. The predicted octanol–water partition coefficient (Wildman–Crippen LogP) is 3.85. The van der Waals surface area contributed by atoms with E-state index in [1.165, 1.54) is 0 Å². The van der Waals surface area contributed by atoms with Crippen LogP contribution < -0.4 is 10.9 Å². The molecule has 0 aliphatic carbocycles. The van der Waals surface area contributed by atoms with Crippen LogP contribution in [0.25, 0.3) is 0 Å². The normalized spacial score (nSPS) is 28.8. The minimum Gasteiger partial charge on any atom is -0.609 e. The molecule has 10 heteroatoms. The quantitative estimate of drug-likeness (QED) is 0.380. The van der Waals surface area contributed by atoms with Crippen molar-refractivity contribution in [3.05, 3.63) is 71.3 Å². The van der Waals surface area contributed by atoms with Crippen molar-refractivity contribution in [3.8, 4) is 0 Å². The van der Waals surface area contributed by atoms with Crippen LogP contribution in [0.3, 0.4) is 0 Å². The molecule has 0 radical (unpaired) electrons. The smallest absolute Gasteiger partial charge is 0.589 e. The van der Waals surface area contributed by atoms with Crippen LogP contribution in [-0.2, 0) is 37.8 Å². The molecule has 4 aliphatic heterocycles. The summed E-state index contributed by atoms with van der Waals surface area (Å²) in [4.78, 5) is 48.9. The molecule has 0 bridgehead atoms. The van der Waals surface area contributed by atoms with Crippen molar-refractivity contribution in [3.63, 3.8) is 0 Å². The summed E-state index contributed by atoms with van der Waals surface area (Å²) in [5, 5.41) is 0. The van der Waals surface area contributed by atoms with Crippen LogP contribution in [0.4, 0.5) is 0 Å². The van der Waals surface area contributed by atoms with Gasteiger partial charge < -0.3 is 18.6 Å². The van der Waals surface area contributed by atoms with Gasteiger partial charge >= 0.3 is 37.0 Å². The van der Waals surface area contributed by atoms with Crippen LogP contribution in [0.5, 0.6) is 0 Å². The first kappa shape index (κ1) is 29.7. The molecule has 0 amide bonds. The van der Waals surface area contributed by atoms with E-state index in [1.54, 1.807) is 0 Å². The lowest BCUT2D eigenvalue weighted by molar-refractivity contribution is -0.144. The Kier molecular flexibility index (Phi) is 7.86. The first-order valence-corrected chi connectivity index (χ1v) is 15.1. The van der Waals surface area contributed by atoms with Gasteiger partial charge in [-0.25, -0.2) is 0 Å². The number of fused-ring (bicyclic) bond motifs is 2. The van der Waals surface area contributed by atoms with Gasteiger partial charge in [-0.2, -0.15) is 0 Å². The maximum atomic E-state index is 12.2. The lowest BCUT2D eigenvalue weighted by atomic mass is 9.40. The van der Waals surface area contributed by atoms with Crippen molar-refractivity contribution in [2.75, 3.05) is 0 Å². The van der Waals surface area contributed by atoms with E-state index in [9.17, 15) is 19.2 Å². The second kappa shape index (κ2) is 11.1. The molecule has 2 aromatic carbocycles. The Balaban J connectivity index is 0.000000168. The van der Waals surface area contributed by atoms with E-state index in [-0.39, 0.29) is 47.5 Å². The van der Waals surface area contributed by atoms with Gasteiger partial charge in [0.05, 0.1) is 0 Å². The van der Waals surface area contributed by atoms with Crippen LogP contribution >= 0.6 is 0 Å². The number of hydrogen-bond acceptors (Lipinski definition) is 8. The van der Waals surface area contributed by atoms with Crippen molar-refractivity contribution in [1.82, 2.24) is 0 Å². The van der Waals surface area contributed by atoms with Crippen molar-refractivity contribution in [1.29, 1.82) is 0 Å². The average molecular weight is 572 g/mol. The minimum atomic E-state index is -2.10. The Bertz CT molecular complexity index is 1210. The van der Waals surface area contributed by atoms with E-state index in [0.717, 1.165) is 33.7 Å². The molecule has 4 heterocycles. The Morgan fingerprint density at radius 1 is 0.500 bits per heavy atom. The predicted molar refractivity (Wildman–Crippen MR) is 159 cm³/mol. The van der Waals surface area contributed by atoms with Crippen LogP contribution in [-0.4, -0.2) is 37.0 Å². The molecule has 0 spiro atoms. The number of hydrogen-bond donors (Lipinski definition) is 0. The molecule has 0 saturated carbocycles. The van der Waals surface area contributed by atoms with Gasteiger partial charge in [0.1, 0.15) is 0 Å². The summed E-state index contributed by atoms with van der Waals surface area (Å²) in [5.41, 5.74) is 3.79. The first-order valence-electron chi connectivity index (χ1n) is 15.1. The Morgan fingerprint density at radius 3 is 0.952 bits per heavy atom. The zero-order chi connectivity index (χ0) is 30.4. The third-order valence-electron chi connectivity index (χ3n) is 9.42. The van der Waals surface area contributed by atoms with Crippen molar-refractivity contribution in [2.45, 2.75) is 67.2 Å². The molecule has 1 unspecified atom stereocenters. The molecule has 4 saturated heterocycles. The van der Waals surface area contributed by atoms with E-state index < -0.39 is 13.1 Å². The number of aryl methyl sites for hydroxylation is 2. The molecule has 4 aliphatic rings. The fourth-order valence-electron chi connectivity index (χ4n) is 7.30. The van der Waals surface area contributed by atoms with Gasteiger partial charge in [0.2, 0.25) is 0 Å². The van der Waals surface area contributed by atoms with Gasteiger partial charge in [-0.3, -0.25) is 19.2 Å². The molecular weight excluding hydrogens is 534 g/mol. The molecule has 6 rings (SSSR count). The molecule has 2 aromatic rings. The maximum absolute atomic E-state index is 12.2. The minimum absolute atomic E-state index is 0.265. The van der Waals surface area contributed by atoms with Crippen molar-refractivity contribution in [2.24, 2.45) is 23.7 Å². The second-order valence-electron chi connectivity index (χ2n) is 11.8. The number of rotatable bonds is 6. The Morgan fingerprint density at radius 2 is 0.738 bits per heavy atom. The molecule has 0 aromatic heterocycles. The maximum Gasteiger partial charge on any atom is 0.589 e. The SMILES string of the molecule is CC[C@@H]1C(=O)O[B-]2(c3ccc(C)cc3)OC(=O)[C@@H](CC)[C+]12.CC[C@@H]1C(=O)O[B-]2(c3ccc(C)cc3)OC(=O)[C@H](CC)[C+]12. The van der Waals surface area contributed by atoms with Crippen LogP contribution in [0.2, 0.25) is 0 Å². The average Bonchev–Trinajstić information content (AvgIpc) is 3.60. The number of carbonyl (C=O) groups is 4. The van der Waals surface area contributed by atoms with Gasteiger partial charge in [-0.05, 0) is 39.5 Å². The highest BCUT2D eigenvalue weighted by Gasteiger charge is 2.74. The second-order valence-corrected chi connectivity index (χ2v) is 11.8. The van der Waals surface area contributed by atoms with Crippen LogP contribution in [0.1, 0.15) is 64.5 Å². The summed E-state index contributed by atoms with van der Waals surface area (Å²) in [6, 6.07) is 15.4. The van der Waals surface area contributed by atoms with E-state index >= 15 is 0 Å². The highest BCUT2D eigenvalue weighted by atomic mass is 16.7. The number of benzene rings is 2. The van der Waals surface area contributed by atoms with E-state index in [1.807, 2.05) is 90.1 Å². The van der Waals surface area contributed by atoms with Crippen molar-refractivity contribution < 1.29 is 37.8 Å². The third-order valence-corrected chi connectivity index (χ3v) is 9.42. The van der Waals surface area contributed by atoms with Crippen molar-refractivity contribution >= 4 is 47.9 Å². The number of carbonyl (C=O) groups excluding carboxylic acids is 4. The van der Waals surface area contributed by atoms with Crippen LogP contribution in [0, 0.1) is 49.2 Å². The molecule has 42 heavy (non-hydrogen) atoms. The molecular formula is C32H38B2O8. The molecule has 5 atom stereocenters. The van der Waals surface area contributed by atoms with Gasteiger partial charge in [-0.1, -0.05) is 98.3 Å². The fourth-order valence-corrected chi connectivity index (χ4v) is 7.30. The molecule has 0 N–H and O–H groups in total. The van der Waals surface area contributed by atoms with Crippen LogP contribution in [0.15, 0.2) is 48.5 Å². The summed E-state index contributed by atoms with van der Waals surface area (Å²) >= 11 is 0. The third kappa shape index (κ3) is 4.46. The summed E-state index contributed by atoms with van der Waals surface area (Å²) in [6.07, 6.45) is 2.54. The largest absolute Gasteiger partial charge is 0.609 e. The summed E-state index contributed by atoms with van der Waals surface area (Å²) in [5.74, 6) is -0.690. The molecule has 8 nitrogen and oxygen atoms in total. The lowest BCUT2D eigenvalue weighted by Gasteiger charge is -2.25. The van der Waals surface area contributed by atoms with Gasteiger partial charge in [-0.15, -0.1) is 0 Å². The zero-order valence-corrected chi connectivity index (χ0v) is 25.2. The monoisotopic (exact) mass is 572 g/mol. The van der Waals surface area contributed by atoms with E-state index in [0.29, 0.717) is 25.7 Å². The Hall–Kier alpha value is -3.81. The van der Waals surface area contributed by atoms with E-state index in [4.69, 9.17) is 18.6 Å². The van der Waals surface area contributed by atoms with Gasteiger partial charge in [0.15, 0.2) is 23.7 Å². The standard InChI is InChI=1S/2C16H19BO4/c2*1-4-12-14-13(5-2)16(19)21-17(14,20-15(12)18)11-8-6-10(3)7-9-11/h2*6-9,12-13H,4-5H2,1-3H3/t12-,13+,17?;12-,13-/m.0/s1. The fraction of sp³-hybridized carbons (Fsp3) is 0.438. The topological polar surface area (TPSA) is 105 Å². The van der Waals surface area contributed by atoms with Gasteiger partial charge in [0.25, 0.3) is 0 Å².